The number of hydrogen-bond donors (Lipinski definition) is 0. The minimum atomic E-state index is -0.281. The largest absolute Gasteiger partial charge is 0.497 e. The van der Waals surface area contributed by atoms with Crippen molar-refractivity contribution in [2.24, 2.45) is 0 Å². The van der Waals surface area contributed by atoms with Gasteiger partial charge in [-0.2, -0.15) is 0 Å². The maximum atomic E-state index is 14.4. The summed E-state index contributed by atoms with van der Waals surface area (Å²) in [5, 5.41) is 12.8. The number of anilines is 1. The molecule has 186 valence electrons. The van der Waals surface area contributed by atoms with E-state index in [1.54, 1.807) is 20.3 Å². The van der Waals surface area contributed by atoms with Gasteiger partial charge < -0.3 is 14.4 Å². The van der Waals surface area contributed by atoms with Crippen LogP contribution in [0.15, 0.2) is 72.8 Å². The molecule has 1 aliphatic heterocycles. The fourth-order valence-corrected chi connectivity index (χ4v) is 4.76. The fourth-order valence-electron chi connectivity index (χ4n) is 4.76. The molecule has 5 rings (SSSR count). The molecule has 1 fully saturated rings. The van der Waals surface area contributed by atoms with Crippen molar-refractivity contribution in [1.29, 1.82) is 0 Å². The van der Waals surface area contributed by atoms with E-state index in [9.17, 15) is 4.39 Å². The molecule has 1 atom stereocenters. The Bertz CT molecular complexity index is 1290. The molecule has 1 aromatic heterocycles. The van der Waals surface area contributed by atoms with E-state index in [2.05, 4.69) is 37.5 Å². The first kappa shape index (κ1) is 23.7. The molecule has 36 heavy (non-hydrogen) atoms. The van der Waals surface area contributed by atoms with Crippen LogP contribution in [0, 0.1) is 5.82 Å². The van der Waals surface area contributed by atoms with E-state index < -0.39 is 0 Å². The Hall–Kier alpha value is -3.98. The third kappa shape index (κ3) is 4.87. The predicted molar refractivity (Wildman–Crippen MR) is 135 cm³/mol. The number of piperazine rings is 1. The van der Waals surface area contributed by atoms with Crippen LogP contribution in [-0.4, -0.2) is 65.5 Å². The fraction of sp³-hybridized carbons (Fsp3) is 0.296. The standard InChI is InChI=1S/C27H29FN6O2/c1-35-21-12-13-25(36-2)22(18-21)26(27-29-30-31-34(27)19-20-8-4-3-5-9-20)33-16-14-32(15-17-33)24-11-7-6-10-23(24)28/h3-13,18,26H,14-17,19H2,1-2H3. The summed E-state index contributed by atoms with van der Waals surface area (Å²) in [6.45, 7) is 3.27. The maximum absolute atomic E-state index is 14.4. The average Bonchev–Trinajstić information content (AvgIpc) is 3.37. The first-order valence-corrected chi connectivity index (χ1v) is 11.9. The minimum absolute atomic E-state index is 0.205. The summed E-state index contributed by atoms with van der Waals surface area (Å²) in [6, 6.07) is 22.5. The van der Waals surface area contributed by atoms with Gasteiger partial charge in [-0.15, -0.1) is 5.10 Å². The molecule has 0 radical (unpaired) electrons. The molecule has 2 heterocycles. The van der Waals surface area contributed by atoms with Gasteiger partial charge in [-0.25, -0.2) is 9.07 Å². The molecular formula is C27H29FN6O2. The van der Waals surface area contributed by atoms with E-state index in [0.717, 1.165) is 22.6 Å². The van der Waals surface area contributed by atoms with Gasteiger partial charge in [0.1, 0.15) is 23.4 Å². The molecule has 8 nitrogen and oxygen atoms in total. The molecule has 1 aliphatic rings. The SMILES string of the molecule is COc1ccc(OC)c(C(c2nnnn2Cc2ccccc2)N2CCN(c3ccccc3F)CC2)c1. The molecule has 0 spiro atoms. The zero-order chi connectivity index (χ0) is 24.9. The van der Waals surface area contributed by atoms with Crippen molar-refractivity contribution in [3.05, 3.63) is 95.6 Å². The third-order valence-corrected chi connectivity index (χ3v) is 6.58. The summed E-state index contributed by atoms with van der Waals surface area (Å²) in [5.41, 5.74) is 2.65. The van der Waals surface area contributed by atoms with Crippen LogP contribution in [-0.2, 0) is 6.54 Å². The molecule has 4 aromatic rings. The van der Waals surface area contributed by atoms with Crippen LogP contribution >= 0.6 is 0 Å². The Labute approximate surface area is 209 Å². The summed E-state index contributed by atoms with van der Waals surface area (Å²) in [7, 11) is 3.30. The van der Waals surface area contributed by atoms with Crippen LogP contribution < -0.4 is 14.4 Å². The van der Waals surface area contributed by atoms with Crippen molar-refractivity contribution in [3.8, 4) is 11.5 Å². The molecule has 3 aromatic carbocycles. The molecule has 0 aliphatic carbocycles. The van der Waals surface area contributed by atoms with Crippen molar-refractivity contribution >= 4 is 5.69 Å². The Morgan fingerprint density at radius 3 is 2.36 bits per heavy atom. The van der Waals surface area contributed by atoms with Crippen LogP contribution in [0.4, 0.5) is 10.1 Å². The molecule has 0 saturated carbocycles. The van der Waals surface area contributed by atoms with Gasteiger partial charge in [0.05, 0.1) is 26.5 Å². The van der Waals surface area contributed by atoms with Gasteiger partial charge in [-0.1, -0.05) is 42.5 Å². The summed E-state index contributed by atoms with van der Waals surface area (Å²) in [4.78, 5) is 4.40. The number of hydrogen-bond acceptors (Lipinski definition) is 7. The van der Waals surface area contributed by atoms with Crippen molar-refractivity contribution < 1.29 is 13.9 Å². The van der Waals surface area contributed by atoms with Crippen LogP contribution in [0.2, 0.25) is 0 Å². The Kier molecular flexibility index (Phi) is 7.08. The highest BCUT2D eigenvalue weighted by Gasteiger charge is 2.33. The zero-order valence-corrected chi connectivity index (χ0v) is 20.4. The van der Waals surface area contributed by atoms with E-state index in [1.165, 1.54) is 6.07 Å². The van der Waals surface area contributed by atoms with Gasteiger partial charge in [0.25, 0.3) is 0 Å². The number of rotatable bonds is 8. The normalized spacial score (nSPS) is 15.0. The average molecular weight is 489 g/mol. The van der Waals surface area contributed by atoms with Crippen molar-refractivity contribution in [2.45, 2.75) is 12.6 Å². The highest BCUT2D eigenvalue weighted by atomic mass is 19.1. The number of methoxy groups -OCH3 is 2. The molecule has 1 unspecified atom stereocenters. The number of tetrazole rings is 1. The number of nitrogens with zero attached hydrogens (tertiary/aromatic N) is 6. The van der Waals surface area contributed by atoms with Crippen molar-refractivity contribution in [3.63, 3.8) is 0 Å². The number of halogens is 1. The summed E-state index contributed by atoms with van der Waals surface area (Å²) in [6.07, 6.45) is 0. The van der Waals surface area contributed by atoms with Gasteiger partial charge in [-0.3, -0.25) is 4.90 Å². The van der Waals surface area contributed by atoms with Crippen LogP contribution in [0.5, 0.6) is 11.5 Å². The first-order chi connectivity index (χ1) is 17.7. The predicted octanol–water partition coefficient (Wildman–Crippen LogP) is 3.79. The van der Waals surface area contributed by atoms with Crippen molar-refractivity contribution in [2.75, 3.05) is 45.3 Å². The van der Waals surface area contributed by atoms with E-state index in [4.69, 9.17) is 9.47 Å². The molecular weight excluding hydrogens is 459 g/mol. The van der Waals surface area contributed by atoms with E-state index in [1.807, 2.05) is 53.2 Å². The zero-order valence-electron chi connectivity index (χ0n) is 20.4. The molecule has 9 heteroatoms. The number of aromatic nitrogens is 4. The van der Waals surface area contributed by atoms with Gasteiger partial charge in [0, 0.05) is 31.7 Å². The first-order valence-electron chi connectivity index (χ1n) is 11.9. The topological polar surface area (TPSA) is 68.5 Å². The Balaban J connectivity index is 1.50. The number of ether oxygens (including phenoxy) is 2. The Morgan fingerprint density at radius 1 is 0.889 bits per heavy atom. The Morgan fingerprint density at radius 2 is 1.64 bits per heavy atom. The van der Waals surface area contributed by atoms with Crippen LogP contribution in [0.3, 0.4) is 0 Å². The van der Waals surface area contributed by atoms with Gasteiger partial charge in [0.15, 0.2) is 5.82 Å². The smallest absolute Gasteiger partial charge is 0.173 e. The van der Waals surface area contributed by atoms with Gasteiger partial charge >= 0.3 is 0 Å². The second-order valence-corrected chi connectivity index (χ2v) is 8.67. The second-order valence-electron chi connectivity index (χ2n) is 8.67. The molecule has 0 N–H and O–H groups in total. The highest BCUT2D eigenvalue weighted by molar-refractivity contribution is 5.49. The lowest BCUT2D eigenvalue weighted by molar-refractivity contribution is 0.197. The van der Waals surface area contributed by atoms with Gasteiger partial charge in [-0.05, 0) is 46.3 Å². The maximum Gasteiger partial charge on any atom is 0.173 e. The monoisotopic (exact) mass is 488 g/mol. The summed E-state index contributed by atoms with van der Waals surface area (Å²) >= 11 is 0. The molecule has 0 amide bonds. The summed E-state index contributed by atoms with van der Waals surface area (Å²) in [5.74, 6) is 1.96. The number of para-hydroxylation sites is 1. The van der Waals surface area contributed by atoms with E-state index in [0.29, 0.717) is 44.2 Å². The lowest BCUT2D eigenvalue weighted by Gasteiger charge is -2.40. The minimum Gasteiger partial charge on any atom is -0.497 e. The lowest BCUT2D eigenvalue weighted by Crippen LogP contribution is -2.48. The third-order valence-electron chi connectivity index (χ3n) is 6.58. The molecule has 0 bridgehead atoms. The highest BCUT2D eigenvalue weighted by Crippen LogP contribution is 2.37. The van der Waals surface area contributed by atoms with Crippen molar-refractivity contribution in [1.82, 2.24) is 25.1 Å². The van der Waals surface area contributed by atoms with E-state index in [-0.39, 0.29) is 11.9 Å². The second kappa shape index (κ2) is 10.7. The quantitative estimate of drug-likeness (QED) is 0.374. The number of benzene rings is 3. The van der Waals surface area contributed by atoms with Gasteiger partial charge in [0.2, 0.25) is 0 Å². The lowest BCUT2D eigenvalue weighted by atomic mass is 10.0. The van der Waals surface area contributed by atoms with Crippen LogP contribution in [0.1, 0.15) is 23.0 Å². The molecule has 1 saturated heterocycles. The summed E-state index contributed by atoms with van der Waals surface area (Å²) < 4.78 is 27.6. The van der Waals surface area contributed by atoms with Crippen LogP contribution in [0.25, 0.3) is 0 Å². The van der Waals surface area contributed by atoms with E-state index >= 15 is 0 Å².